The van der Waals surface area contributed by atoms with E-state index in [0.29, 0.717) is 6.54 Å². The molecule has 2 aromatic rings. The van der Waals surface area contributed by atoms with Gasteiger partial charge in [0.15, 0.2) is 0 Å². The number of amides is 1. The molecule has 136 valence electrons. The Bertz CT molecular complexity index is 969. The second-order valence-corrected chi connectivity index (χ2v) is 6.50. The van der Waals surface area contributed by atoms with E-state index in [1.807, 2.05) is 0 Å². The Labute approximate surface area is 149 Å². The van der Waals surface area contributed by atoms with Crippen molar-refractivity contribution in [2.75, 3.05) is 0 Å². The molecule has 0 N–H and O–H groups in total. The minimum Gasteiger partial charge on any atom is -0.332 e. The summed E-state index contributed by atoms with van der Waals surface area (Å²) in [5.74, 6) is -0.531. The lowest BCUT2D eigenvalue weighted by Gasteiger charge is -2.21. The number of rotatable bonds is 5. The van der Waals surface area contributed by atoms with Gasteiger partial charge in [0.1, 0.15) is 5.82 Å². The highest BCUT2D eigenvalue weighted by Crippen LogP contribution is 2.28. The number of aromatic nitrogens is 2. The summed E-state index contributed by atoms with van der Waals surface area (Å²) in [6, 6.07) is 6.22. The lowest BCUT2D eigenvalue weighted by atomic mass is 10.2. The van der Waals surface area contributed by atoms with Gasteiger partial charge in [-0.15, -0.1) is 0 Å². The fourth-order valence-electron chi connectivity index (χ4n) is 2.77. The number of hydrogen-bond donors (Lipinski definition) is 0. The van der Waals surface area contributed by atoms with Crippen LogP contribution in [0.4, 0.5) is 4.39 Å². The maximum Gasteiger partial charge on any atom is 0.330 e. The predicted molar refractivity (Wildman–Crippen MR) is 95.9 cm³/mol. The number of aryl methyl sites for hydroxylation is 1. The Morgan fingerprint density at radius 3 is 2.50 bits per heavy atom. The average molecular weight is 357 g/mol. The molecule has 1 aromatic heterocycles. The number of carbonyl (C=O) groups excluding carboxylic acids is 1. The largest absolute Gasteiger partial charge is 0.332 e. The van der Waals surface area contributed by atoms with Gasteiger partial charge in [-0.1, -0.05) is 12.1 Å². The van der Waals surface area contributed by atoms with Crippen molar-refractivity contribution in [1.82, 2.24) is 14.0 Å². The molecular formula is C19H20FN3O3. The van der Waals surface area contributed by atoms with Crippen LogP contribution in [0.1, 0.15) is 24.0 Å². The van der Waals surface area contributed by atoms with Gasteiger partial charge in [0.25, 0.3) is 5.56 Å². The molecule has 3 rings (SSSR count). The number of hydrogen-bond acceptors (Lipinski definition) is 3. The summed E-state index contributed by atoms with van der Waals surface area (Å²) in [6.07, 6.45) is 6.06. The second kappa shape index (κ2) is 7.11. The lowest BCUT2D eigenvalue weighted by Crippen LogP contribution is -2.37. The van der Waals surface area contributed by atoms with Crippen molar-refractivity contribution < 1.29 is 9.18 Å². The standard InChI is InChI=1S/C19H20FN3O3/c1-21-12-14(18(25)22(2)19(21)26)5-10-17(24)23(16-8-9-16)11-13-3-6-15(20)7-4-13/h3-7,10,12,16H,8-9,11H2,1-2H3/b10-5+. The minimum atomic E-state index is -0.450. The van der Waals surface area contributed by atoms with E-state index in [1.165, 1.54) is 42.1 Å². The molecular weight excluding hydrogens is 337 g/mol. The average Bonchev–Trinajstić information content (AvgIpc) is 3.46. The summed E-state index contributed by atoms with van der Waals surface area (Å²) in [5.41, 5.74) is 0.238. The fourth-order valence-corrected chi connectivity index (χ4v) is 2.77. The van der Waals surface area contributed by atoms with Crippen LogP contribution in [-0.2, 0) is 25.4 Å². The Balaban J connectivity index is 1.80. The molecule has 6 nitrogen and oxygen atoms in total. The maximum atomic E-state index is 13.0. The molecule has 26 heavy (non-hydrogen) atoms. The van der Waals surface area contributed by atoms with Gasteiger partial charge in [-0.3, -0.25) is 14.2 Å². The normalized spacial score (nSPS) is 14.0. The summed E-state index contributed by atoms with van der Waals surface area (Å²) < 4.78 is 15.3. The molecule has 0 saturated heterocycles. The first-order valence-corrected chi connectivity index (χ1v) is 8.36. The molecule has 0 unspecified atom stereocenters. The molecule has 0 atom stereocenters. The lowest BCUT2D eigenvalue weighted by molar-refractivity contribution is -0.127. The van der Waals surface area contributed by atoms with E-state index in [2.05, 4.69) is 0 Å². The van der Waals surface area contributed by atoms with Gasteiger partial charge in [0, 0.05) is 39.0 Å². The van der Waals surface area contributed by atoms with Gasteiger partial charge in [-0.25, -0.2) is 9.18 Å². The third-order valence-corrected chi connectivity index (χ3v) is 4.42. The van der Waals surface area contributed by atoms with Crippen LogP contribution in [0, 0.1) is 5.82 Å². The van der Waals surface area contributed by atoms with Crippen LogP contribution in [0.25, 0.3) is 6.08 Å². The topological polar surface area (TPSA) is 64.3 Å². The molecule has 1 heterocycles. The molecule has 1 aliphatic rings. The van der Waals surface area contributed by atoms with Crippen LogP contribution in [0.5, 0.6) is 0 Å². The summed E-state index contributed by atoms with van der Waals surface area (Å²) >= 11 is 0. The van der Waals surface area contributed by atoms with E-state index in [-0.39, 0.29) is 23.3 Å². The van der Waals surface area contributed by atoms with Crippen molar-refractivity contribution in [3.8, 4) is 0 Å². The van der Waals surface area contributed by atoms with Crippen molar-refractivity contribution in [2.24, 2.45) is 14.1 Å². The molecule has 0 radical (unpaired) electrons. The Kier molecular flexibility index (Phi) is 4.88. The van der Waals surface area contributed by atoms with Gasteiger partial charge >= 0.3 is 5.69 Å². The molecule has 1 fully saturated rings. The zero-order valence-electron chi connectivity index (χ0n) is 14.7. The van der Waals surface area contributed by atoms with Gasteiger partial charge < -0.3 is 9.47 Å². The van der Waals surface area contributed by atoms with E-state index < -0.39 is 11.2 Å². The minimum absolute atomic E-state index is 0.167. The van der Waals surface area contributed by atoms with E-state index in [9.17, 15) is 18.8 Å². The summed E-state index contributed by atoms with van der Waals surface area (Å²) in [7, 11) is 2.95. The van der Waals surface area contributed by atoms with Crippen LogP contribution in [0.3, 0.4) is 0 Å². The zero-order valence-corrected chi connectivity index (χ0v) is 14.7. The Hall–Kier alpha value is -2.96. The number of carbonyl (C=O) groups is 1. The van der Waals surface area contributed by atoms with Crippen LogP contribution >= 0.6 is 0 Å². The molecule has 1 amide bonds. The quantitative estimate of drug-likeness (QED) is 0.761. The Morgan fingerprint density at radius 1 is 1.23 bits per heavy atom. The summed E-state index contributed by atoms with van der Waals surface area (Å²) in [6.45, 7) is 0.388. The van der Waals surface area contributed by atoms with Gasteiger partial charge in [-0.05, 0) is 36.6 Å². The first-order chi connectivity index (χ1) is 12.4. The molecule has 1 aromatic carbocycles. The predicted octanol–water partition coefficient (Wildman–Crippen LogP) is 1.43. The molecule has 1 saturated carbocycles. The first kappa shape index (κ1) is 17.8. The van der Waals surface area contributed by atoms with Gasteiger partial charge in [-0.2, -0.15) is 0 Å². The highest BCUT2D eigenvalue weighted by molar-refractivity contribution is 5.92. The smallest absolute Gasteiger partial charge is 0.330 e. The van der Waals surface area contributed by atoms with Gasteiger partial charge in [0.2, 0.25) is 5.91 Å². The molecule has 0 aliphatic heterocycles. The van der Waals surface area contributed by atoms with Crippen LogP contribution in [-0.4, -0.2) is 26.0 Å². The number of nitrogens with zero attached hydrogens (tertiary/aromatic N) is 3. The summed E-state index contributed by atoms with van der Waals surface area (Å²) in [5, 5.41) is 0. The zero-order chi connectivity index (χ0) is 18.8. The highest BCUT2D eigenvalue weighted by atomic mass is 19.1. The van der Waals surface area contributed by atoms with E-state index >= 15 is 0 Å². The summed E-state index contributed by atoms with van der Waals surface area (Å²) in [4.78, 5) is 38.2. The van der Waals surface area contributed by atoms with Crippen molar-refractivity contribution in [3.63, 3.8) is 0 Å². The van der Waals surface area contributed by atoms with Crippen molar-refractivity contribution >= 4 is 12.0 Å². The Morgan fingerprint density at radius 2 is 1.88 bits per heavy atom. The van der Waals surface area contributed by atoms with Crippen LogP contribution < -0.4 is 11.2 Å². The third-order valence-electron chi connectivity index (χ3n) is 4.42. The molecule has 0 spiro atoms. The van der Waals surface area contributed by atoms with Crippen molar-refractivity contribution in [2.45, 2.75) is 25.4 Å². The maximum absolute atomic E-state index is 13.0. The van der Waals surface area contributed by atoms with E-state index in [1.54, 1.807) is 24.1 Å². The SMILES string of the molecule is Cn1cc(/C=C/C(=O)N(Cc2ccc(F)cc2)C2CC2)c(=O)n(C)c1=O. The van der Waals surface area contributed by atoms with Crippen LogP contribution in [0.2, 0.25) is 0 Å². The van der Waals surface area contributed by atoms with Gasteiger partial charge in [0.05, 0.1) is 5.56 Å². The molecule has 0 bridgehead atoms. The fraction of sp³-hybridized carbons (Fsp3) is 0.316. The molecule has 1 aliphatic carbocycles. The third kappa shape index (κ3) is 3.82. The highest BCUT2D eigenvalue weighted by Gasteiger charge is 2.31. The monoisotopic (exact) mass is 357 g/mol. The van der Waals surface area contributed by atoms with Crippen molar-refractivity contribution in [1.29, 1.82) is 0 Å². The van der Waals surface area contributed by atoms with E-state index in [0.717, 1.165) is 23.0 Å². The van der Waals surface area contributed by atoms with Crippen LogP contribution in [0.15, 0.2) is 46.1 Å². The molecule has 7 heteroatoms. The first-order valence-electron chi connectivity index (χ1n) is 8.36. The van der Waals surface area contributed by atoms with Crippen molar-refractivity contribution in [3.05, 3.63) is 74.3 Å². The number of benzene rings is 1. The second-order valence-electron chi connectivity index (χ2n) is 6.50. The number of halogens is 1. The van der Waals surface area contributed by atoms with E-state index in [4.69, 9.17) is 0 Å².